The monoisotopic (exact) mass is 471 g/mol. The standard InChI is InChI=1S/C26H25N5O2S/c1-32-20-11-10-17(13-18(20)15-34-21-9-5-6-12-29-21)22-19(14-27)25(28)33-26-23(22)24(30-31-26)16-7-3-2-4-8-16/h2-13,22-24,26,30-31H,15,28H2,1H3. The van der Waals surface area contributed by atoms with Crippen molar-refractivity contribution in [3.8, 4) is 11.8 Å². The average molecular weight is 472 g/mol. The summed E-state index contributed by atoms with van der Waals surface area (Å²) in [4.78, 5) is 4.41. The number of ether oxygens (including phenoxy) is 2. The molecule has 0 aliphatic carbocycles. The normalized spacial score (nSPS) is 23.6. The maximum absolute atomic E-state index is 10.0. The van der Waals surface area contributed by atoms with Crippen molar-refractivity contribution in [2.24, 2.45) is 11.7 Å². The van der Waals surface area contributed by atoms with E-state index in [-0.39, 0.29) is 30.0 Å². The van der Waals surface area contributed by atoms with Crippen LogP contribution >= 0.6 is 11.8 Å². The van der Waals surface area contributed by atoms with E-state index in [1.807, 2.05) is 48.5 Å². The number of methoxy groups -OCH3 is 1. The summed E-state index contributed by atoms with van der Waals surface area (Å²) in [6, 6.07) is 24.4. The summed E-state index contributed by atoms with van der Waals surface area (Å²) in [6.07, 6.45) is 1.43. The average Bonchev–Trinajstić information content (AvgIpc) is 3.31. The van der Waals surface area contributed by atoms with Crippen molar-refractivity contribution in [1.29, 1.82) is 5.26 Å². The van der Waals surface area contributed by atoms with E-state index in [0.717, 1.165) is 27.5 Å². The molecule has 4 atom stereocenters. The van der Waals surface area contributed by atoms with E-state index < -0.39 is 0 Å². The van der Waals surface area contributed by atoms with Gasteiger partial charge in [0.25, 0.3) is 0 Å². The molecule has 1 fully saturated rings. The quantitative estimate of drug-likeness (QED) is 0.464. The van der Waals surface area contributed by atoms with Crippen molar-refractivity contribution in [1.82, 2.24) is 15.8 Å². The molecule has 1 saturated heterocycles. The number of nitrogens with two attached hydrogens (primary N) is 1. The van der Waals surface area contributed by atoms with E-state index in [9.17, 15) is 5.26 Å². The highest BCUT2D eigenvalue weighted by molar-refractivity contribution is 7.98. The smallest absolute Gasteiger partial charge is 0.200 e. The van der Waals surface area contributed by atoms with Crippen LogP contribution in [0.1, 0.15) is 28.7 Å². The Kier molecular flexibility index (Phi) is 6.41. The fourth-order valence-electron chi connectivity index (χ4n) is 4.73. The first kappa shape index (κ1) is 22.3. The third kappa shape index (κ3) is 4.21. The Morgan fingerprint density at radius 3 is 2.65 bits per heavy atom. The van der Waals surface area contributed by atoms with Crippen LogP contribution in [0.4, 0.5) is 0 Å². The van der Waals surface area contributed by atoms with E-state index in [1.165, 1.54) is 0 Å². The van der Waals surface area contributed by atoms with Gasteiger partial charge in [-0.25, -0.2) is 15.8 Å². The zero-order valence-electron chi connectivity index (χ0n) is 18.6. The first-order chi connectivity index (χ1) is 16.7. The van der Waals surface area contributed by atoms with E-state index in [1.54, 1.807) is 25.1 Å². The van der Waals surface area contributed by atoms with Crippen molar-refractivity contribution >= 4 is 11.8 Å². The van der Waals surface area contributed by atoms with Gasteiger partial charge in [0.1, 0.15) is 11.8 Å². The predicted octanol–water partition coefficient (Wildman–Crippen LogP) is 3.98. The molecule has 0 spiro atoms. The van der Waals surface area contributed by atoms with Gasteiger partial charge in [-0.2, -0.15) is 5.26 Å². The lowest BCUT2D eigenvalue weighted by molar-refractivity contribution is 0.0340. The highest BCUT2D eigenvalue weighted by atomic mass is 32.2. The van der Waals surface area contributed by atoms with Crippen LogP contribution in [-0.2, 0) is 10.5 Å². The van der Waals surface area contributed by atoms with E-state index >= 15 is 0 Å². The number of fused-ring (bicyclic) bond motifs is 1. The number of pyridine rings is 1. The Morgan fingerprint density at radius 2 is 1.91 bits per heavy atom. The Bertz CT molecular complexity index is 1230. The number of nitrogens with zero attached hydrogens (tertiary/aromatic N) is 2. The number of hydrogen-bond acceptors (Lipinski definition) is 8. The highest BCUT2D eigenvalue weighted by Gasteiger charge is 2.49. The Morgan fingerprint density at radius 1 is 1.09 bits per heavy atom. The molecule has 8 heteroatoms. The molecule has 2 aromatic carbocycles. The maximum atomic E-state index is 10.0. The Hall–Kier alpha value is -3.51. The molecule has 3 aromatic rings. The summed E-state index contributed by atoms with van der Waals surface area (Å²) in [7, 11) is 1.67. The van der Waals surface area contributed by atoms with Gasteiger partial charge in [-0.1, -0.05) is 48.5 Å². The summed E-state index contributed by atoms with van der Waals surface area (Å²) in [5, 5.41) is 11.0. The molecular weight excluding hydrogens is 446 g/mol. The molecule has 0 bridgehead atoms. The minimum absolute atomic E-state index is 0.0545. The molecule has 2 aliphatic rings. The number of hydrazine groups is 1. The molecule has 7 nitrogen and oxygen atoms in total. The lowest BCUT2D eigenvalue weighted by Crippen LogP contribution is -2.41. The second-order valence-electron chi connectivity index (χ2n) is 8.19. The molecule has 34 heavy (non-hydrogen) atoms. The number of hydrogen-bond donors (Lipinski definition) is 3. The zero-order valence-corrected chi connectivity index (χ0v) is 19.5. The molecule has 0 amide bonds. The van der Waals surface area contributed by atoms with Gasteiger partial charge in [-0.15, -0.1) is 11.8 Å². The number of allylic oxidation sites excluding steroid dienone is 1. The molecule has 2 aliphatic heterocycles. The largest absolute Gasteiger partial charge is 0.496 e. The predicted molar refractivity (Wildman–Crippen MR) is 130 cm³/mol. The number of benzene rings is 2. The second-order valence-corrected chi connectivity index (χ2v) is 9.18. The Labute approximate surface area is 203 Å². The molecule has 3 heterocycles. The third-order valence-corrected chi connectivity index (χ3v) is 7.28. The lowest BCUT2D eigenvalue weighted by Gasteiger charge is -2.36. The maximum Gasteiger partial charge on any atom is 0.200 e. The molecule has 172 valence electrons. The summed E-state index contributed by atoms with van der Waals surface area (Å²) in [5.41, 5.74) is 16.4. The van der Waals surface area contributed by atoms with Crippen LogP contribution in [0.15, 0.2) is 89.4 Å². The molecule has 4 unspecified atom stereocenters. The topological polar surface area (TPSA) is 105 Å². The highest BCUT2D eigenvalue weighted by Crippen LogP contribution is 2.48. The van der Waals surface area contributed by atoms with Crippen LogP contribution in [0.2, 0.25) is 0 Å². The van der Waals surface area contributed by atoms with Crippen LogP contribution < -0.4 is 21.3 Å². The SMILES string of the molecule is COc1ccc(C2C(C#N)=C(N)OC3NNC(c4ccccc4)C32)cc1CSc1ccccn1. The number of aromatic nitrogens is 1. The number of rotatable bonds is 6. The van der Waals surface area contributed by atoms with Gasteiger partial charge in [0.15, 0.2) is 6.23 Å². The van der Waals surface area contributed by atoms with E-state index in [2.05, 4.69) is 40.1 Å². The molecule has 0 saturated carbocycles. The molecule has 0 radical (unpaired) electrons. The van der Waals surface area contributed by atoms with Gasteiger partial charge in [-0.05, 0) is 29.3 Å². The van der Waals surface area contributed by atoms with E-state index in [0.29, 0.717) is 11.3 Å². The molecule has 4 N–H and O–H groups in total. The summed E-state index contributed by atoms with van der Waals surface area (Å²) < 4.78 is 11.6. The fourth-order valence-corrected chi connectivity index (χ4v) is 5.57. The molecule has 5 rings (SSSR count). The van der Waals surface area contributed by atoms with E-state index in [4.69, 9.17) is 15.2 Å². The van der Waals surface area contributed by atoms with Crippen LogP contribution in [0.3, 0.4) is 0 Å². The first-order valence-corrected chi connectivity index (χ1v) is 12.0. The molecule has 1 aromatic heterocycles. The van der Waals surface area contributed by atoms with Gasteiger partial charge in [0, 0.05) is 29.3 Å². The van der Waals surface area contributed by atoms with Gasteiger partial charge in [-0.3, -0.25) is 0 Å². The van der Waals surface area contributed by atoms with Crippen molar-refractivity contribution in [2.75, 3.05) is 7.11 Å². The summed E-state index contributed by atoms with van der Waals surface area (Å²) >= 11 is 1.64. The number of nitrogens with one attached hydrogen (secondary N) is 2. The van der Waals surface area contributed by atoms with Crippen molar-refractivity contribution in [3.05, 3.63) is 101 Å². The number of thioether (sulfide) groups is 1. The lowest BCUT2D eigenvalue weighted by atomic mass is 9.74. The summed E-state index contributed by atoms with van der Waals surface area (Å²) in [5.74, 6) is 1.32. The van der Waals surface area contributed by atoms with Gasteiger partial charge >= 0.3 is 0 Å². The van der Waals surface area contributed by atoms with Crippen LogP contribution in [0.5, 0.6) is 5.75 Å². The van der Waals surface area contributed by atoms with Crippen LogP contribution in [-0.4, -0.2) is 18.3 Å². The van der Waals surface area contributed by atoms with Crippen molar-refractivity contribution in [3.63, 3.8) is 0 Å². The van der Waals surface area contributed by atoms with Crippen molar-refractivity contribution in [2.45, 2.75) is 29.0 Å². The minimum atomic E-state index is -0.360. The van der Waals surface area contributed by atoms with Gasteiger partial charge in [0.2, 0.25) is 5.88 Å². The first-order valence-electron chi connectivity index (χ1n) is 11.0. The van der Waals surface area contributed by atoms with Gasteiger partial charge < -0.3 is 15.2 Å². The zero-order chi connectivity index (χ0) is 23.5. The Balaban J connectivity index is 1.54. The fraction of sp³-hybridized carbons (Fsp3) is 0.231. The summed E-state index contributed by atoms with van der Waals surface area (Å²) in [6.45, 7) is 0. The van der Waals surface area contributed by atoms with Crippen LogP contribution in [0, 0.1) is 17.2 Å². The van der Waals surface area contributed by atoms with Crippen LogP contribution in [0.25, 0.3) is 0 Å². The van der Waals surface area contributed by atoms with Crippen molar-refractivity contribution < 1.29 is 9.47 Å². The third-order valence-electron chi connectivity index (χ3n) is 6.29. The second kappa shape index (κ2) is 9.77. The molecular formula is C26H25N5O2S. The minimum Gasteiger partial charge on any atom is -0.496 e. The van der Waals surface area contributed by atoms with Gasteiger partial charge in [0.05, 0.1) is 23.8 Å². The number of nitriles is 1.